The Bertz CT molecular complexity index is 622. The first-order chi connectivity index (χ1) is 10.0. The van der Waals surface area contributed by atoms with Gasteiger partial charge in [-0.1, -0.05) is 30.3 Å². The third-order valence-electron chi connectivity index (χ3n) is 3.45. The summed E-state index contributed by atoms with van der Waals surface area (Å²) in [6, 6.07) is 8.93. The summed E-state index contributed by atoms with van der Waals surface area (Å²) in [7, 11) is 0. The maximum absolute atomic E-state index is 12.1. The van der Waals surface area contributed by atoms with Gasteiger partial charge in [0.05, 0.1) is 29.7 Å². The number of anilines is 1. The molecule has 0 aliphatic carbocycles. The molecular formula is C15H20N4O2. The van der Waals surface area contributed by atoms with E-state index in [1.165, 1.54) is 0 Å². The van der Waals surface area contributed by atoms with Gasteiger partial charge in [-0.2, -0.15) is 5.10 Å². The van der Waals surface area contributed by atoms with Crippen LogP contribution in [-0.2, 0) is 11.3 Å². The lowest BCUT2D eigenvalue weighted by molar-refractivity contribution is -0.123. The van der Waals surface area contributed by atoms with E-state index in [-0.39, 0.29) is 19.1 Å². The Kier molecular flexibility index (Phi) is 4.59. The topological polar surface area (TPSA) is 93.2 Å². The average molecular weight is 288 g/mol. The van der Waals surface area contributed by atoms with Crippen LogP contribution in [-0.4, -0.2) is 27.4 Å². The van der Waals surface area contributed by atoms with Gasteiger partial charge in [0.1, 0.15) is 6.54 Å². The molecule has 2 rings (SSSR count). The molecule has 0 saturated carbocycles. The van der Waals surface area contributed by atoms with Crippen molar-refractivity contribution in [3.05, 3.63) is 47.3 Å². The molecule has 0 unspecified atom stereocenters. The molecule has 0 saturated heterocycles. The molecule has 1 heterocycles. The second-order valence-corrected chi connectivity index (χ2v) is 4.96. The van der Waals surface area contributed by atoms with Crippen molar-refractivity contribution in [3.63, 3.8) is 0 Å². The summed E-state index contributed by atoms with van der Waals surface area (Å²) in [5.41, 5.74) is 8.78. The molecule has 6 nitrogen and oxygen atoms in total. The lowest BCUT2D eigenvalue weighted by Crippen LogP contribution is -2.33. The molecule has 2 aromatic rings. The third kappa shape index (κ3) is 3.41. The zero-order valence-electron chi connectivity index (χ0n) is 12.2. The van der Waals surface area contributed by atoms with E-state index in [0.29, 0.717) is 11.4 Å². The first-order valence-corrected chi connectivity index (χ1v) is 6.77. The molecule has 0 spiro atoms. The van der Waals surface area contributed by atoms with E-state index in [9.17, 15) is 9.90 Å². The molecule has 1 aromatic carbocycles. The van der Waals surface area contributed by atoms with Crippen LogP contribution in [0.2, 0.25) is 0 Å². The second kappa shape index (κ2) is 6.41. The van der Waals surface area contributed by atoms with Crippen molar-refractivity contribution in [1.82, 2.24) is 15.1 Å². The number of hydrogen-bond acceptors (Lipinski definition) is 4. The van der Waals surface area contributed by atoms with Gasteiger partial charge in [0, 0.05) is 0 Å². The number of nitrogen functional groups attached to an aromatic ring is 1. The Balaban J connectivity index is 2.05. The summed E-state index contributed by atoms with van der Waals surface area (Å²) in [5, 5.41) is 16.5. The average Bonchev–Trinajstić information content (AvgIpc) is 2.73. The highest BCUT2D eigenvalue weighted by Gasteiger charge is 2.16. The zero-order chi connectivity index (χ0) is 15.4. The number of carbonyl (C=O) groups excluding carboxylic acids is 1. The maximum atomic E-state index is 12.1. The highest BCUT2D eigenvalue weighted by atomic mass is 16.3. The number of carbonyl (C=O) groups is 1. The van der Waals surface area contributed by atoms with Crippen LogP contribution in [0.4, 0.5) is 5.69 Å². The Morgan fingerprint density at radius 3 is 2.57 bits per heavy atom. The number of aliphatic hydroxyl groups excluding tert-OH is 1. The number of aromatic nitrogens is 2. The zero-order valence-corrected chi connectivity index (χ0v) is 12.2. The van der Waals surface area contributed by atoms with Crippen LogP contribution >= 0.6 is 0 Å². The fourth-order valence-corrected chi connectivity index (χ4v) is 2.16. The first-order valence-electron chi connectivity index (χ1n) is 6.77. The van der Waals surface area contributed by atoms with Gasteiger partial charge in [0.2, 0.25) is 5.91 Å². The molecule has 1 aromatic heterocycles. The Morgan fingerprint density at radius 1 is 1.38 bits per heavy atom. The van der Waals surface area contributed by atoms with E-state index in [1.807, 2.05) is 37.3 Å². The highest BCUT2D eigenvalue weighted by molar-refractivity contribution is 5.76. The van der Waals surface area contributed by atoms with Crippen LogP contribution in [0.5, 0.6) is 0 Å². The van der Waals surface area contributed by atoms with Crippen molar-refractivity contribution in [3.8, 4) is 0 Å². The Hall–Kier alpha value is -2.34. The molecule has 1 amide bonds. The number of nitrogens with zero attached hydrogens (tertiary/aromatic N) is 2. The lowest BCUT2D eigenvalue weighted by Gasteiger charge is -2.17. The molecule has 21 heavy (non-hydrogen) atoms. The van der Waals surface area contributed by atoms with Crippen LogP contribution in [0.1, 0.15) is 23.0 Å². The van der Waals surface area contributed by atoms with Crippen LogP contribution in [0, 0.1) is 13.8 Å². The summed E-state index contributed by atoms with van der Waals surface area (Å²) in [4.78, 5) is 12.1. The first kappa shape index (κ1) is 15.1. The molecule has 0 radical (unpaired) electrons. The largest absolute Gasteiger partial charge is 0.396 e. The number of amides is 1. The smallest absolute Gasteiger partial charge is 0.242 e. The van der Waals surface area contributed by atoms with E-state index in [1.54, 1.807) is 11.6 Å². The molecular weight excluding hydrogens is 268 g/mol. The normalized spacial score (nSPS) is 12.1. The van der Waals surface area contributed by atoms with Gasteiger partial charge in [-0.3, -0.25) is 9.48 Å². The van der Waals surface area contributed by atoms with Crippen molar-refractivity contribution in [2.75, 3.05) is 12.3 Å². The molecule has 4 N–H and O–H groups in total. The van der Waals surface area contributed by atoms with E-state index in [2.05, 4.69) is 10.4 Å². The van der Waals surface area contributed by atoms with Gasteiger partial charge in [-0.05, 0) is 19.4 Å². The number of aryl methyl sites for hydroxylation is 1. The van der Waals surface area contributed by atoms with Crippen molar-refractivity contribution in [2.24, 2.45) is 0 Å². The van der Waals surface area contributed by atoms with Gasteiger partial charge in [0.25, 0.3) is 0 Å². The molecule has 1 atom stereocenters. The number of hydrogen-bond donors (Lipinski definition) is 3. The fraction of sp³-hybridized carbons (Fsp3) is 0.333. The standard InChI is InChI=1S/C15H20N4O2/c1-10-15(16)11(2)19(18-10)8-14(21)17-13(9-20)12-6-4-3-5-7-12/h3-7,13,20H,8-9,16H2,1-2H3,(H,17,21)/t13-/m0/s1. The van der Waals surface area contributed by atoms with Gasteiger partial charge in [-0.15, -0.1) is 0 Å². The van der Waals surface area contributed by atoms with Gasteiger partial charge in [-0.25, -0.2) is 0 Å². The minimum atomic E-state index is -0.423. The van der Waals surface area contributed by atoms with E-state index in [4.69, 9.17) is 5.73 Å². The van der Waals surface area contributed by atoms with Crippen LogP contribution in [0.15, 0.2) is 30.3 Å². The molecule has 0 bridgehead atoms. The maximum Gasteiger partial charge on any atom is 0.242 e. The van der Waals surface area contributed by atoms with Gasteiger partial charge in [0.15, 0.2) is 0 Å². The van der Waals surface area contributed by atoms with Crippen molar-refractivity contribution in [1.29, 1.82) is 0 Å². The van der Waals surface area contributed by atoms with Crippen molar-refractivity contribution in [2.45, 2.75) is 26.4 Å². The summed E-state index contributed by atoms with van der Waals surface area (Å²) in [6.07, 6.45) is 0. The van der Waals surface area contributed by atoms with E-state index in [0.717, 1.165) is 11.3 Å². The predicted molar refractivity (Wildman–Crippen MR) is 80.5 cm³/mol. The second-order valence-electron chi connectivity index (χ2n) is 4.96. The summed E-state index contributed by atoms with van der Waals surface area (Å²) < 4.78 is 1.57. The fourth-order valence-electron chi connectivity index (χ4n) is 2.16. The van der Waals surface area contributed by atoms with Gasteiger partial charge >= 0.3 is 0 Å². The molecule has 0 aliphatic heterocycles. The molecule has 0 aliphatic rings. The summed E-state index contributed by atoms with van der Waals surface area (Å²) >= 11 is 0. The number of aliphatic hydroxyl groups is 1. The van der Waals surface area contributed by atoms with Crippen molar-refractivity contribution < 1.29 is 9.90 Å². The lowest BCUT2D eigenvalue weighted by atomic mass is 10.1. The van der Waals surface area contributed by atoms with Crippen LogP contribution in [0.25, 0.3) is 0 Å². The number of rotatable bonds is 5. The minimum Gasteiger partial charge on any atom is -0.396 e. The number of nitrogens with two attached hydrogens (primary N) is 1. The summed E-state index contributed by atoms with van der Waals surface area (Å²) in [5.74, 6) is -0.219. The predicted octanol–water partition coefficient (Wildman–Crippen LogP) is 0.932. The summed E-state index contributed by atoms with van der Waals surface area (Å²) in [6.45, 7) is 3.54. The molecule has 0 fully saturated rings. The van der Waals surface area contributed by atoms with Crippen molar-refractivity contribution >= 4 is 11.6 Å². The highest BCUT2D eigenvalue weighted by Crippen LogP contribution is 2.15. The Morgan fingerprint density at radius 2 is 2.05 bits per heavy atom. The minimum absolute atomic E-state index is 0.0766. The monoisotopic (exact) mass is 288 g/mol. The third-order valence-corrected chi connectivity index (χ3v) is 3.45. The SMILES string of the molecule is Cc1nn(CC(=O)N[C@@H](CO)c2ccccc2)c(C)c1N. The van der Waals surface area contributed by atoms with Crippen LogP contribution < -0.4 is 11.1 Å². The van der Waals surface area contributed by atoms with E-state index < -0.39 is 6.04 Å². The quantitative estimate of drug-likeness (QED) is 0.763. The molecule has 6 heteroatoms. The van der Waals surface area contributed by atoms with Crippen LogP contribution in [0.3, 0.4) is 0 Å². The van der Waals surface area contributed by atoms with E-state index >= 15 is 0 Å². The Labute approximate surface area is 123 Å². The molecule has 112 valence electrons. The number of nitrogens with one attached hydrogen (secondary N) is 1. The number of benzene rings is 1. The van der Waals surface area contributed by atoms with Gasteiger partial charge < -0.3 is 16.2 Å².